The highest BCUT2D eigenvalue weighted by Gasteiger charge is 2.10. The first-order chi connectivity index (χ1) is 15.1. The van der Waals surface area contributed by atoms with E-state index >= 15 is 0 Å². The Morgan fingerprint density at radius 2 is 1.84 bits per heavy atom. The second kappa shape index (κ2) is 8.91. The summed E-state index contributed by atoms with van der Waals surface area (Å²) >= 11 is 0. The van der Waals surface area contributed by atoms with Crippen LogP contribution >= 0.6 is 0 Å². The van der Waals surface area contributed by atoms with Gasteiger partial charge in [-0.2, -0.15) is 5.10 Å². The van der Waals surface area contributed by atoms with Crippen molar-refractivity contribution < 1.29 is 14.1 Å². The lowest BCUT2D eigenvalue weighted by molar-refractivity contribution is -0.384. The van der Waals surface area contributed by atoms with E-state index < -0.39 is 4.92 Å². The number of nitrogens with zero attached hydrogens (tertiary/aromatic N) is 2. The van der Waals surface area contributed by atoms with Gasteiger partial charge in [-0.15, -0.1) is 0 Å². The molecule has 1 amide bonds. The summed E-state index contributed by atoms with van der Waals surface area (Å²) in [7, 11) is 0. The SMILES string of the molecule is O=C(CNc1cccc2ccccc12)N/N=C/c1ccc(-c2cccc([N+](=O)[O-])c2)o1. The number of rotatable bonds is 7. The molecule has 0 radical (unpaired) electrons. The van der Waals surface area contributed by atoms with Crippen LogP contribution in [0.2, 0.25) is 0 Å². The molecule has 0 bridgehead atoms. The topological polar surface area (TPSA) is 110 Å². The lowest BCUT2D eigenvalue weighted by atomic mass is 10.1. The van der Waals surface area contributed by atoms with E-state index in [1.807, 2.05) is 42.5 Å². The van der Waals surface area contributed by atoms with Crippen molar-refractivity contribution >= 4 is 34.3 Å². The normalized spacial score (nSPS) is 11.0. The number of carbonyl (C=O) groups is 1. The number of fused-ring (bicyclic) bond motifs is 1. The largest absolute Gasteiger partial charge is 0.455 e. The predicted octanol–water partition coefficient (Wildman–Crippen LogP) is 4.57. The molecule has 3 aromatic carbocycles. The van der Waals surface area contributed by atoms with Gasteiger partial charge in [0.05, 0.1) is 17.7 Å². The maximum atomic E-state index is 12.1. The molecule has 0 aliphatic heterocycles. The molecule has 0 saturated heterocycles. The molecular formula is C23H18N4O4. The summed E-state index contributed by atoms with van der Waals surface area (Å²) in [5.41, 5.74) is 3.87. The highest BCUT2D eigenvalue weighted by Crippen LogP contribution is 2.25. The third-order valence-electron chi connectivity index (χ3n) is 4.58. The second-order valence-electron chi connectivity index (χ2n) is 6.68. The van der Waals surface area contributed by atoms with Gasteiger partial charge in [0.15, 0.2) is 0 Å². The van der Waals surface area contributed by atoms with Gasteiger partial charge < -0.3 is 9.73 Å². The monoisotopic (exact) mass is 414 g/mol. The van der Waals surface area contributed by atoms with Gasteiger partial charge in [0.2, 0.25) is 0 Å². The average Bonchev–Trinajstić information content (AvgIpc) is 3.27. The van der Waals surface area contributed by atoms with Crippen LogP contribution in [0.3, 0.4) is 0 Å². The maximum absolute atomic E-state index is 12.1. The Kier molecular flexibility index (Phi) is 5.70. The van der Waals surface area contributed by atoms with Gasteiger partial charge in [-0.05, 0) is 23.6 Å². The Balaban J connectivity index is 1.34. The smallest absolute Gasteiger partial charge is 0.270 e. The van der Waals surface area contributed by atoms with Crippen LogP contribution in [-0.4, -0.2) is 23.6 Å². The first-order valence-corrected chi connectivity index (χ1v) is 9.48. The van der Waals surface area contributed by atoms with E-state index in [4.69, 9.17) is 4.42 Å². The van der Waals surface area contributed by atoms with Crippen LogP contribution in [0, 0.1) is 10.1 Å². The number of benzene rings is 3. The highest BCUT2D eigenvalue weighted by atomic mass is 16.6. The molecule has 0 fully saturated rings. The van der Waals surface area contributed by atoms with Crippen molar-refractivity contribution in [1.82, 2.24) is 5.43 Å². The van der Waals surface area contributed by atoms with Gasteiger partial charge in [0.25, 0.3) is 11.6 Å². The van der Waals surface area contributed by atoms with E-state index in [9.17, 15) is 14.9 Å². The molecule has 8 nitrogen and oxygen atoms in total. The fraction of sp³-hybridized carbons (Fsp3) is 0.0435. The van der Waals surface area contributed by atoms with Crippen molar-refractivity contribution in [3.05, 3.63) is 94.7 Å². The first kappa shape index (κ1) is 19.8. The van der Waals surface area contributed by atoms with E-state index in [2.05, 4.69) is 15.8 Å². The lowest BCUT2D eigenvalue weighted by Gasteiger charge is -2.08. The molecule has 0 spiro atoms. The number of nitro benzene ring substituents is 1. The number of furan rings is 1. The summed E-state index contributed by atoms with van der Waals surface area (Å²) in [6.45, 7) is 0.0580. The van der Waals surface area contributed by atoms with Crippen LogP contribution in [0.5, 0.6) is 0 Å². The highest BCUT2D eigenvalue weighted by molar-refractivity contribution is 5.95. The van der Waals surface area contributed by atoms with Gasteiger partial charge in [0.1, 0.15) is 11.5 Å². The number of hydrogen-bond acceptors (Lipinski definition) is 6. The van der Waals surface area contributed by atoms with E-state index in [0.29, 0.717) is 17.1 Å². The van der Waals surface area contributed by atoms with E-state index in [1.54, 1.807) is 24.3 Å². The predicted molar refractivity (Wildman–Crippen MR) is 119 cm³/mol. The van der Waals surface area contributed by atoms with Crippen molar-refractivity contribution in [3.63, 3.8) is 0 Å². The molecular weight excluding hydrogens is 396 g/mol. The van der Waals surface area contributed by atoms with Crippen molar-refractivity contribution in [3.8, 4) is 11.3 Å². The van der Waals surface area contributed by atoms with Crippen LogP contribution in [0.25, 0.3) is 22.1 Å². The van der Waals surface area contributed by atoms with Crippen molar-refractivity contribution in [2.24, 2.45) is 5.10 Å². The zero-order chi connectivity index (χ0) is 21.6. The minimum atomic E-state index is -0.462. The Hall–Kier alpha value is -4.46. The summed E-state index contributed by atoms with van der Waals surface area (Å²) in [6, 6.07) is 23.3. The van der Waals surface area contributed by atoms with Gasteiger partial charge in [-0.3, -0.25) is 14.9 Å². The maximum Gasteiger partial charge on any atom is 0.270 e. The summed E-state index contributed by atoms with van der Waals surface area (Å²) in [4.78, 5) is 22.5. The van der Waals surface area contributed by atoms with Gasteiger partial charge in [-0.1, -0.05) is 48.5 Å². The van der Waals surface area contributed by atoms with Crippen molar-refractivity contribution in [2.45, 2.75) is 0 Å². The average molecular weight is 414 g/mol. The number of non-ortho nitro benzene ring substituents is 1. The Bertz CT molecular complexity index is 1270. The van der Waals surface area contributed by atoms with Crippen LogP contribution in [0.1, 0.15) is 5.76 Å². The van der Waals surface area contributed by atoms with Crippen LogP contribution in [0.15, 0.2) is 88.4 Å². The zero-order valence-corrected chi connectivity index (χ0v) is 16.3. The number of carbonyl (C=O) groups excluding carboxylic acids is 1. The number of anilines is 1. The second-order valence-corrected chi connectivity index (χ2v) is 6.68. The molecule has 8 heteroatoms. The summed E-state index contributed by atoms with van der Waals surface area (Å²) in [5.74, 6) is 0.563. The minimum Gasteiger partial charge on any atom is -0.455 e. The fourth-order valence-corrected chi connectivity index (χ4v) is 3.11. The third-order valence-corrected chi connectivity index (χ3v) is 4.58. The first-order valence-electron chi connectivity index (χ1n) is 9.48. The molecule has 1 heterocycles. The Morgan fingerprint density at radius 3 is 2.71 bits per heavy atom. The van der Waals surface area contributed by atoms with Crippen molar-refractivity contribution in [1.29, 1.82) is 0 Å². The minimum absolute atomic E-state index is 0.0184. The van der Waals surface area contributed by atoms with Gasteiger partial charge in [0, 0.05) is 28.8 Å². The third kappa shape index (κ3) is 4.76. The number of hydrogen-bond donors (Lipinski definition) is 2. The van der Waals surface area contributed by atoms with Crippen LogP contribution < -0.4 is 10.7 Å². The molecule has 0 atom stereocenters. The molecule has 2 N–H and O–H groups in total. The molecule has 154 valence electrons. The molecule has 0 aliphatic carbocycles. The van der Waals surface area contributed by atoms with E-state index in [-0.39, 0.29) is 18.1 Å². The molecule has 1 aromatic heterocycles. The van der Waals surface area contributed by atoms with E-state index in [0.717, 1.165) is 16.5 Å². The Morgan fingerprint density at radius 1 is 1.03 bits per heavy atom. The van der Waals surface area contributed by atoms with Crippen LogP contribution in [0.4, 0.5) is 11.4 Å². The van der Waals surface area contributed by atoms with E-state index in [1.165, 1.54) is 18.3 Å². The number of nitrogens with one attached hydrogen (secondary N) is 2. The molecule has 4 rings (SSSR count). The summed E-state index contributed by atoms with van der Waals surface area (Å²) in [6.07, 6.45) is 1.37. The standard InChI is InChI=1S/C23H18N4O4/c28-23(15-24-21-10-4-6-16-5-1-2-9-20(16)21)26-25-14-19-11-12-22(31-19)17-7-3-8-18(13-17)27(29)30/h1-14,24H,15H2,(H,26,28)/b25-14+. The number of nitro groups is 1. The summed E-state index contributed by atoms with van der Waals surface area (Å²) < 4.78 is 5.62. The van der Waals surface area contributed by atoms with Gasteiger partial charge in [-0.25, -0.2) is 5.43 Å². The molecule has 0 unspecified atom stereocenters. The molecule has 31 heavy (non-hydrogen) atoms. The molecule has 0 aliphatic rings. The van der Waals surface area contributed by atoms with Crippen molar-refractivity contribution in [2.75, 3.05) is 11.9 Å². The van der Waals surface area contributed by atoms with Crippen LogP contribution in [-0.2, 0) is 4.79 Å². The quantitative estimate of drug-likeness (QED) is 0.261. The lowest BCUT2D eigenvalue weighted by Crippen LogP contribution is -2.25. The molecule has 4 aromatic rings. The van der Waals surface area contributed by atoms with Gasteiger partial charge >= 0.3 is 0 Å². The molecule has 0 saturated carbocycles. The number of hydrazone groups is 1. The fourth-order valence-electron chi connectivity index (χ4n) is 3.11. The Labute approximate surface area is 177 Å². The number of amides is 1. The summed E-state index contributed by atoms with van der Waals surface area (Å²) in [5, 5.41) is 20.0. The zero-order valence-electron chi connectivity index (χ0n) is 16.3.